The largest absolute Gasteiger partial charge is 0.465 e. The van der Waals surface area contributed by atoms with Crippen molar-refractivity contribution in [3.05, 3.63) is 23.2 Å². The molecule has 1 aromatic heterocycles. The molecule has 0 aliphatic heterocycles. The molecule has 0 aromatic carbocycles. The molecule has 3 nitrogen and oxygen atoms in total. The second-order valence-electron chi connectivity index (χ2n) is 6.33. The molecular weight excluding hydrogens is 238 g/mol. The van der Waals surface area contributed by atoms with Gasteiger partial charge in [0, 0.05) is 12.2 Å². The van der Waals surface area contributed by atoms with Crippen LogP contribution in [0.3, 0.4) is 0 Å². The van der Waals surface area contributed by atoms with Crippen molar-refractivity contribution in [1.29, 1.82) is 0 Å². The molecule has 0 aliphatic carbocycles. The fourth-order valence-corrected chi connectivity index (χ4v) is 1.77. The number of ether oxygens (including phenoxy) is 1. The van der Waals surface area contributed by atoms with Crippen molar-refractivity contribution in [1.82, 2.24) is 5.32 Å². The zero-order valence-electron chi connectivity index (χ0n) is 13.1. The van der Waals surface area contributed by atoms with Crippen LogP contribution in [0.4, 0.5) is 0 Å². The first-order valence-corrected chi connectivity index (χ1v) is 7.29. The number of hydrogen-bond donors (Lipinski definition) is 1. The molecule has 0 atom stereocenters. The summed E-state index contributed by atoms with van der Waals surface area (Å²) in [6.45, 7) is 14.1. The molecule has 0 radical (unpaired) electrons. The lowest BCUT2D eigenvalue weighted by molar-refractivity contribution is 0.0954. The van der Waals surface area contributed by atoms with E-state index in [1.165, 1.54) is 5.56 Å². The Kier molecular flexibility index (Phi) is 6.59. The van der Waals surface area contributed by atoms with Crippen LogP contribution in [0.15, 0.2) is 10.5 Å². The van der Waals surface area contributed by atoms with E-state index in [0.717, 1.165) is 44.1 Å². The monoisotopic (exact) mass is 267 g/mol. The zero-order valence-corrected chi connectivity index (χ0v) is 13.1. The maximum atomic E-state index is 5.74. The topological polar surface area (TPSA) is 34.4 Å². The Hall–Kier alpha value is -0.800. The Bertz CT molecular complexity index is 363. The molecule has 0 fully saturated rings. The zero-order chi connectivity index (χ0) is 14.3. The lowest BCUT2D eigenvalue weighted by Gasteiger charge is -2.17. The highest BCUT2D eigenvalue weighted by Gasteiger charge is 2.11. The Morgan fingerprint density at radius 3 is 2.68 bits per heavy atom. The van der Waals surface area contributed by atoms with Crippen LogP contribution in [0, 0.1) is 12.3 Å². The predicted octanol–water partition coefficient (Wildman–Crippen LogP) is 4.04. The fraction of sp³-hybridized carbons (Fsp3) is 0.750. The summed E-state index contributed by atoms with van der Waals surface area (Å²) in [5.74, 6) is 1.98. The van der Waals surface area contributed by atoms with E-state index in [-0.39, 0.29) is 0 Å². The molecular formula is C16H29NO2. The quantitative estimate of drug-likeness (QED) is 0.722. The van der Waals surface area contributed by atoms with E-state index in [1.807, 2.05) is 6.92 Å². The first-order valence-electron chi connectivity index (χ1n) is 7.29. The minimum absolute atomic E-state index is 0.334. The Morgan fingerprint density at radius 2 is 2.05 bits per heavy atom. The van der Waals surface area contributed by atoms with Gasteiger partial charge in [0.1, 0.15) is 11.5 Å². The second kappa shape index (κ2) is 7.71. The van der Waals surface area contributed by atoms with Gasteiger partial charge in [-0.05, 0) is 37.8 Å². The van der Waals surface area contributed by atoms with E-state index in [2.05, 4.69) is 39.1 Å². The summed E-state index contributed by atoms with van der Waals surface area (Å²) in [5, 5.41) is 3.34. The van der Waals surface area contributed by atoms with Crippen LogP contribution in [-0.4, -0.2) is 13.2 Å². The van der Waals surface area contributed by atoms with Crippen LogP contribution >= 0.6 is 0 Å². The fourth-order valence-electron chi connectivity index (χ4n) is 1.77. The van der Waals surface area contributed by atoms with Gasteiger partial charge in [0.05, 0.1) is 13.2 Å². The van der Waals surface area contributed by atoms with Gasteiger partial charge < -0.3 is 14.5 Å². The molecule has 1 N–H and O–H groups in total. The molecule has 0 amide bonds. The summed E-state index contributed by atoms with van der Waals surface area (Å²) in [4.78, 5) is 0. The minimum atomic E-state index is 0.334. The Labute approximate surface area is 117 Å². The molecule has 19 heavy (non-hydrogen) atoms. The van der Waals surface area contributed by atoms with Gasteiger partial charge >= 0.3 is 0 Å². The molecule has 0 spiro atoms. The Balaban J connectivity index is 2.33. The molecule has 1 rings (SSSR count). The molecule has 3 heteroatoms. The van der Waals surface area contributed by atoms with Gasteiger partial charge in [-0.15, -0.1) is 0 Å². The normalized spacial score (nSPS) is 12.1. The highest BCUT2D eigenvalue weighted by atomic mass is 16.5. The van der Waals surface area contributed by atoms with Gasteiger partial charge in [-0.2, -0.15) is 0 Å². The van der Waals surface area contributed by atoms with E-state index in [4.69, 9.17) is 9.15 Å². The van der Waals surface area contributed by atoms with Crippen molar-refractivity contribution in [2.24, 2.45) is 5.41 Å². The lowest BCUT2D eigenvalue weighted by Crippen LogP contribution is -2.13. The van der Waals surface area contributed by atoms with Crippen molar-refractivity contribution >= 4 is 0 Å². The van der Waals surface area contributed by atoms with E-state index >= 15 is 0 Å². The molecule has 0 aliphatic rings. The minimum Gasteiger partial charge on any atom is -0.465 e. The molecule has 1 aromatic rings. The number of rotatable bonds is 8. The van der Waals surface area contributed by atoms with Crippen LogP contribution in [0.5, 0.6) is 0 Å². The molecule has 0 saturated heterocycles. The third kappa shape index (κ3) is 6.79. The van der Waals surface area contributed by atoms with Gasteiger partial charge in [0.25, 0.3) is 0 Å². The predicted molar refractivity (Wildman–Crippen MR) is 79.2 cm³/mol. The third-order valence-corrected chi connectivity index (χ3v) is 3.05. The number of hydrogen-bond acceptors (Lipinski definition) is 3. The summed E-state index contributed by atoms with van der Waals surface area (Å²) in [7, 11) is 0. The number of furan rings is 1. The van der Waals surface area contributed by atoms with Gasteiger partial charge in [-0.1, -0.05) is 27.7 Å². The van der Waals surface area contributed by atoms with Crippen molar-refractivity contribution in [2.45, 2.75) is 60.6 Å². The molecule has 0 saturated carbocycles. The summed E-state index contributed by atoms with van der Waals surface area (Å²) in [6, 6.07) is 2.11. The van der Waals surface area contributed by atoms with Crippen LogP contribution < -0.4 is 5.32 Å². The van der Waals surface area contributed by atoms with Gasteiger partial charge in [-0.25, -0.2) is 0 Å². The molecule has 110 valence electrons. The molecule has 1 heterocycles. The van der Waals surface area contributed by atoms with Crippen molar-refractivity contribution in [2.75, 3.05) is 13.2 Å². The van der Waals surface area contributed by atoms with Crippen molar-refractivity contribution < 1.29 is 9.15 Å². The highest BCUT2D eigenvalue weighted by molar-refractivity contribution is 5.19. The standard InChI is InChI=1S/C16H29NO2/c1-6-8-17-11-15-10-14(13(2)19-15)12-18-9-7-16(3,4)5/h10,17H,6-9,11-12H2,1-5H3. The van der Waals surface area contributed by atoms with E-state index < -0.39 is 0 Å². The van der Waals surface area contributed by atoms with Crippen LogP contribution in [-0.2, 0) is 17.9 Å². The van der Waals surface area contributed by atoms with E-state index in [0.29, 0.717) is 12.0 Å². The average Bonchev–Trinajstić information content (AvgIpc) is 2.65. The van der Waals surface area contributed by atoms with Gasteiger partial charge in [0.2, 0.25) is 0 Å². The van der Waals surface area contributed by atoms with Crippen molar-refractivity contribution in [3.63, 3.8) is 0 Å². The number of nitrogens with one attached hydrogen (secondary N) is 1. The first kappa shape index (κ1) is 16.3. The van der Waals surface area contributed by atoms with Gasteiger partial charge in [-0.3, -0.25) is 0 Å². The van der Waals surface area contributed by atoms with Gasteiger partial charge in [0.15, 0.2) is 0 Å². The lowest BCUT2D eigenvalue weighted by atomic mass is 9.93. The maximum Gasteiger partial charge on any atom is 0.118 e. The molecule has 0 unspecified atom stereocenters. The molecule has 0 bridgehead atoms. The van der Waals surface area contributed by atoms with Crippen LogP contribution in [0.25, 0.3) is 0 Å². The second-order valence-corrected chi connectivity index (χ2v) is 6.33. The van der Waals surface area contributed by atoms with Crippen LogP contribution in [0.2, 0.25) is 0 Å². The highest BCUT2D eigenvalue weighted by Crippen LogP contribution is 2.19. The van der Waals surface area contributed by atoms with Crippen molar-refractivity contribution in [3.8, 4) is 0 Å². The summed E-state index contributed by atoms with van der Waals surface area (Å²) < 4.78 is 11.5. The number of aryl methyl sites for hydroxylation is 1. The van der Waals surface area contributed by atoms with E-state index in [9.17, 15) is 0 Å². The smallest absolute Gasteiger partial charge is 0.118 e. The Morgan fingerprint density at radius 1 is 1.32 bits per heavy atom. The van der Waals surface area contributed by atoms with Crippen LogP contribution in [0.1, 0.15) is 57.6 Å². The summed E-state index contributed by atoms with van der Waals surface area (Å²) >= 11 is 0. The summed E-state index contributed by atoms with van der Waals surface area (Å²) in [5.41, 5.74) is 1.50. The maximum absolute atomic E-state index is 5.74. The van der Waals surface area contributed by atoms with E-state index in [1.54, 1.807) is 0 Å². The SMILES string of the molecule is CCCNCc1cc(COCCC(C)(C)C)c(C)o1. The summed E-state index contributed by atoms with van der Waals surface area (Å²) in [6.07, 6.45) is 2.22. The third-order valence-electron chi connectivity index (χ3n) is 3.05. The first-order chi connectivity index (χ1) is 8.92. The average molecular weight is 267 g/mol.